The average Bonchev–Trinajstić information content (AvgIpc) is 3.60. The molecule has 2 aliphatic rings. The lowest BCUT2D eigenvalue weighted by Crippen LogP contribution is -2.55. The molecule has 196 valence electrons. The number of rotatable bonds is 5. The van der Waals surface area contributed by atoms with Gasteiger partial charge in [0.1, 0.15) is 29.8 Å². The lowest BCUT2D eigenvalue weighted by Gasteiger charge is -2.40. The molecule has 2 saturated heterocycles. The molecule has 3 aromatic heterocycles. The first-order valence-electron chi connectivity index (χ1n) is 13.0. The van der Waals surface area contributed by atoms with Gasteiger partial charge in [0, 0.05) is 32.2 Å². The molecule has 0 unspecified atom stereocenters. The van der Waals surface area contributed by atoms with Crippen LogP contribution in [0.25, 0.3) is 17.0 Å². The highest BCUT2D eigenvalue weighted by Crippen LogP contribution is 2.35. The van der Waals surface area contributed by atoms with E-state index in [0.29, 0.717) is 19.6 Å². The Kier molecular flexibility index (Phi) is 6.40. The molecule has 0 saturated carbocycles. The van der Waals surface area contributed by atoms with E-state index < -0.39 is 6.61 Å². The van der Waals surface area contributed by atoms with Gasteiger partial charge in [0.15, 0.2) is 5.65 Å². The number of carbonyl (C=O) groups excluding carboxylic acids is 1. The van der Waals surface area contributed by atoms with E-state index in [0.717, 1.165) is 53.6 Å². The molecule has 1 N–H and O–H groups in total. The molecule has 2 aliphatic heterocycles. The van der Waals surface area contributed by atoms with Gasteiger partial charge >= 0.3 is 0 Å². The summed E-state index contributed by atoms with van der Waals surface area (Å²) in [6.45, 7) is 4.17. The molecule has 0 bridgehead atoms. The third-order valence-corrected chi connectivity index (χ3v) is 7.53. The third kappa shape index (κ3) is 4.45. The molecule has 2 atom stereocenters. The molecule has 38 heavy (non-hydrogen) atoms. The summed E-state index contributed by atoms with van der Waals surface area (Å²) in [5, 5.41) is 14.2. The van der Waals surface area contributed by atoms with Crippen molar-refractivity contribution in [2.45, 2.75) is 31.8 Å². The van der Waals surface area contributed by atoms with E-state index in [2.05, 4.69) is 14.8 Å². The number of anilines is 2. The Hall–Kier alpha value is -4.05. The van der Waals surface area contributed by atoms with Gasteiger partial charge in [0.2, 0.25) is 5.91 Å². The van der Waals surface area contributed by atoms with E-state index in [4.69, 9.17) is 10.1 Å². The van der Waals surface area contributed by atoms with Crippen molar-refractivity contribution in [3.05, 3.63) is 72.2 Å². The number of hydrogen-bond donors (Lipinski definition) is 1. The highest BCUT2D eigenvalue weighted by molar-refractivity contribution is 5.78. The number of amides is 1. The number of aliphatic hydroxyl groups excluding tert-OH is 1. The predicted octanol–water partition coefficient (Wildman–Crippen LogP) is 3.30. The van der Waals surface area contributed by atoms with Crippen LogP contribution in [0.3, 0.4) is 0 Å². The molecular weight excluding hydrogens is 485 g/mol. The van der Waals surface area contributed by atoms with Gasteiger partial charge in [-0.15, -0.1) is 5.10 Å². The Morgan fingerprint density at radius 1 is 1.08 bits per heavy atom. The first-order valence-corrected chi connectivity index (χ1v) is 13.0. The van der Waals surface area contributed by atoms with E-state index in [1.807, 2.05) is 47.8 Å². The molecule has 1 aromatic carbocycles. The van der Waals surface area contributed by atoms with E-state index in [9.17, 15) is 14.3 Å². The first-order chi connectivity index (χ1) is 18.5. The molecule has 0 aliphatic carbocycles. The molecule has 2 fully saturated rings. The third-order valence-electron chi connectivity index (χ3n) is 7.53. The molecule has 9 nitrogen and oxygen atoms in total. The fourth-order valence-corrected chi connectivity index (χ4v) is 5.66. The highest BCUT2D eigenvalue weighted by atomic mass is 19.1. The molecule has 0 radical (unpaired) electrons. The summed E-state index contributed by atoms with van der Waals surface area (Å²) in [5.74, 6) is 1.17. The zero-order valence-electron chi connectivity index (χ0n) is 21.2. The minimum Gasteiger partial charge on any atom is -0.387 e. The lowest BCUT2D eigenvalue weighted by molar-refractivity contribution is -0.136. The lowest BCUT2D eigenvalue weighted by atomic mass is 10.0. The Labute approximate surface area is 220 Å². The molecule has 4 aromatic rings. The number of aromatic nitrogens is 4. The van der Waals surface area contributed by atoms with Crippen LogP contribution >= 0.6 is 0 Å². The second kappa shape index (κ2) is 10.0. The van der Waals surface area contributed by atoms with Crippen LogP contribution in [-0.2, 0) is 4.79 Å². The Morgan fingerprint density at radius 3 is 2.76 bits per heavy atom. The summed E-state index contributed by atoms with van der Waals surface area (Å²) in [4.78, 5) is 27.6. The largest absolute Gasteiger partial charge is 0.387 e. The smallest absolute Gasteiger partial charge is 0.248 e. The highest BCUT2D eigenvalue weighted by Gasteiger charge is 2.29. The number of pyridine rings is 1. The maximum absolute atomic E-state index is 13.9. The number of aliphatic hydroxyl groups is 1. The Bertz CT molecular complexity index is 1470. The van der Waals surface area contributed by atoms with E-state index >= 15 is 0 Å². The summed E-state index contributed by atoms with van der Waals surface area (Å²) in [5.41, 5.74) is 3.22. The van der Waals surface area contributed by atoms with E-state index in [-0.39, 0.29) is 23.8 Å². The number of benzene rings is 1. The van der Waals surface area contributed by atoms with Crippen molar-refractivity contribution in [3.63, 3.8) is 0 Å². The predicted molar refractivity (Wildman–Crippen MR) is 142 cm³/mol. The first kappa shape index (κ1) is 24.3. The summed E-state index contributed by atoms with van der Waals surface area (Å²) in [6.07, 6.45) is 3.74. The number of imidazole rings is 1. The van der Waals surface area contributed by atoms with Crippen molar-refractivity contribution in [1.82, 2.24) is 24.5 Å². The van der Waals surface area contributed by atoms with Gasteiger partial charge < -0.3 is 19.8 Å². The van der Waals surface area contributed by atoms with E-state index in [1.54, 1.807) is 23.2 Å². The van der Waals surface area contributed by atoms with Gasteiger partial charge in [-0.25, -0.2) is 18.9 Å². The van der Waals surface area contributed by atoms with Crippen LogP contribution in [-0.4, -0.2) is 74.3 Å². The molecule has 5 heterocycles. The summed E-state index contributed by atoms with van der Waals surface area (Å²) < 4.78 is 15.8. The molecule has 0 spiro atoms. The monoisotopic (exact) mass is 515 g/mol. The van der Waals surface area contributed by atoms with Gasteiger partial charge in [-0.3, -0.25) is 4.79 Å². The van der Waals surface area contributed by atoms with Crippen LogP contribution in [0.2, 0.25) is 0 Å². The summed E-state index contributed by atoms with van der Waals surface area (Å²) >= 11 is 0. The number of carbonyl (C=O) groups is 1. The average molecular weight is 516 g/mol. The van der Waals surface area contributed by atoms with Gasteiger partial charge in [0.25, 0.3) is 0 Å². The molecule has 1 amide bonds. The SMILES string of the molecule is C[C@@H]1CN(c2cccc(-c3cnc4ccc(N5CCC[C@@H]5c5cccc(F)c5)nn34)n2)CCN1C(=O)CO. The number of halogens is 1. The van der Waals surface area contributed by atoms with Crippen LogP contribution in [0.5, 0.6) is 0 Å². The van der Waals surface area contributed by atoms with Crippen LogP contribution in [0.15, 0.2) is 60.8 Å². The maximum Gasteiger partial charge on any atom is 0.248 e. The Morgan fingerprint density at radius 2 is 1.95 bits per heavy atom. The van der Waals surface area contributed by atoms with Crippen molar-refractivity contribution in [2.24, 2.45) is 0 Å². The van der Waals surface area contributed by atoms with Crippen LogP contribution in [0.4, 0.5) is 16.0 Å². The van der Waals surface area contributed by atoms with Crippen molar-refractivity contribution < 1.29 is 14.3 Å². The van der Waals surface area contributed by atoms with Crippen molar-refractivity contribution in [2.75, 3.05) is 42.6 Å². The van der Waals surface area contributed by atoms with Crippen molar-refractivity contribution in [3.8, 4) is 11.4 Å². The summed E-state index contributed by atoms with van der Waals surface area (Å²) in [7, 11) is 0. The minimum atomic E-state index is -0.470. The van der Waals surface area contributed by atoms with Crippen LogP contribution in [0.1, 0.15) is 31.4 Å². The van der Waals surface area contributed by atoms with Gasteiger partial charge in [-0.05, 0) is 61.7 Å². The zero-order valence-corrected chi connectivity index (χ0v) is 21.2. The number of piperazine rings is 1. The van der Waals surface area contributed by atoms with Crippen LogP contribution in [0, 0.1) is 5.82 Å². The zero-order chi connectivity index (χ0) is 26.2. The van der Waals surface area contributed by atoms with Crippen molar-refractivity contribution in [1.29, 1.82) is 0 Å². The normalized spacial score (nSPS) is 19.9. The minimum absolute atomic E-state index is 0.0274. The quantitative estimate of drug-likeness (QED) is 0.436. The number of nitrogens with zero attached hydrogens (tertiary/aromatic N) is 7. The molecule has 10 heteroatoms. The summed E-state index contributed by atoms with van der Waals surface area (Å²) in [6, 6.07) is 16.7. The van der Waals surface area contributed by atoms with Gasteiger partial charge in [-0.1, -0.05) is 18.2 Å². The van der Waals surface area contributed by atoms with Gasteiger partial charge in [0.05, 0.1) is 17.9 Å². The molecular formula is C28H30FN7O2. The fraction of sp³-hybridized carbons (Fsp3) is 0.357. The van der Waals surface area contributed by atoms with E-state index in [1.165, 1.54) is 6.07 Å². The maximum atomic E-state index is 13.9. The number of fused-ring (bicyclic) bond motifs is 1. The fourth-order valence-electron chi connectivity index (χ4n) is 5.66. The standard InChI is InChI=1S/C28H30FN7O2/c1-19-17-33(13-14-34(19)28(38)18-37)26-9-3-7-22(31-26)24-16-30-25-10-11-27(32-36(24)25)35-12-4-8-23(35)20-5-2-6-21(29)15-20/h2-3,5-7,9-11,15-16,19,23,37H,4,8,12-14,17-18H2,1H3/t19-,23-/m1/s1. The van der Waals surface area contributed by atoms with Crippen LogP contribution < -0.4 is 9.80 Å². The second-order valence-electron chi connectivity index (χ2n) is 9.93. The topological polar surface area (TPSA) is 90.1 Å². The van der Waals surface area contributed by atoms with Gasteiger partial charge in [-0.2, -0.15) is 0 Å². The van der Waals surface area contributed by atoms with Crippen molar-refractivity contribution >= 4 is 23.2 Å². The Balaban J connectivity index is 1.29. The molecule has 6 rings (SSSR count). The second-order valence-corrected chi connectivity index (χ2v) is 9.93. The number of hydrogen-bond acceptors (Lipinski definition) is 7.